The summed E-state index contributed by atoms with van der Waals surface area (Å²) in [5.74, 6) is 0.324. The van der Waals surface area contributed by atoms with E-state index in [-0.39, 0.29) is 17.3 Å². The minimum absolute atomic E-state index is 0.0286. The molecule has 1 fully saturated rings. The van der Waals surface area contributed by atoms with Gasteiger partial charge in [-0.25, -0.2) is 8.42 Å². The predicted octanol–water partition coefficient (Wildman–Crippen LogP) is 2.07. The Morgan fingerprint density at radius 1 is 1.11 bits per heavy atom. The van der Waals surface area contributed by atoms with E-state index in [2.05, 4.69) is 5.16 Å². The van der Waals surface area contributed by atoms with Crippen molar-refractivity contribution in [3.8, 4) is 0 Å². The Hall–Kier alpha value is -2.19. The SMILES string of the molecule is Cc1ccccc1CC(=O)N1CCCN(S(=O)(=O)c2c(C)noc2C)CC1. The van der Waals surface area contributed by atoms with Gasteiger partial charge in [-0.1, -0.05) is 29.4 Å². The van der Waals surface area contributed by atoms with Crippen LogP contribution in [0.2, 0.25) is 0 Å². The van der Waals surface area contributed by atoms with Crippen LogP contribution in [0.1, 0.15) is 29.0 Å². The quantitative estimate of drug-likeness (QED) is 0.797. The Morgan fingerprint density at radius 2 is 1.85 bits per heavy atom. The van der Waals surface area contributed by atoms with Gasteiger partial charge >= 0.3 is 0 Å². The van der Waals surface area contributed by atoms with Crippen molar-refractivity contribution >= 4 is 15.9 Å². The summed E-state index contributed by atoms with van der Waals surface area (Å²) in [6.45, 7) is 6.79. The van der Waals surface area contributed by atoms with Gasteiger partial charge in [-0.3, -0.25) is 4.79 Å². The zero-order chi connectivity index (χ0) is 19.6. The first-order valence-electron chi connectivity index (χ1n) is 9.06. The maximum absolute atomic E-state index is 13.0. The molecule has 0 aliphatic carbocycles. The number of nitrogens with zero attached hydrogens (tertiary/aromatic N) is 3. The van der Waals surface area contributed by atoms with Crippen molar-refractivity contribution in [2.24, 2.45) is 0 Å². The van der Waals surface area contributed by atoms with Crippen molar-refractivity contribution in [3.05, 3.63) is 46.8 Å². The summed E-state index contributed by atoms with van der Waals surface area (Å²) in [4.78, 5) is 14.6. The van der Waals surface area contributed by atoms with Gasteiger partial charge in [0.25, 0.3) is 0 Å². The van der Waals surface area contributed by atoms with Crippen LogP contribution in [0.3, 0.4) is 0 Å². The van der Waals surface area contributed by atoms with Gasteiger partial charge in [0.1, 0.15) is 10.6 Å². The van der Waals surface area contributed by atoms with Gasteiger partial charge in [0.05, 0.1) is 6.42 Å². The van der Waals surface area contributed by atoms with Crippen LogP contribution in [0.15, 0.2) is 33.7 Å². The first kappa shape index (κ1) is 19.6. The standard InChI is InChI=1S/C19H25N3O4S/c1-14-7-4-5-8-17(14)13-18(23)21-9-6-10-22(12-11-21)27(24,25)19-15(2)20-26-16(19)3/h4-5,7-8H,6,9-13H2,1-3H3. The lowest BCUT2D eigenvalue weighted by molar-refractivity contribution is -0.130. The fraction of sp³-hybridized carbons (Fsp3) is 0.474. The minimum Gasteiger partial charge on any atom is -0.360 e. The smallest absolute Gasteiger partial charge is 0.248 e. The molecule has 2 aromatic rings. The zero-order valence-electron chi connectivity index (χ0n) is 15.9. The maximum Gasteiger partial charge on any atom is 0.248 e. The molecule has 1 amide bonds. The van der Waals surface area contributed by atoms with Gasteiger partial charge in [-0.15, -0.1) is 0 Å². The van der Waals surface area contributed by atoms with E-state index in [4.69, 9.17) is 4.52 Å². The second-order valence-electron chi connectivity index (χ2n) is 6.89. The van der Waals surface area contributed by atoms with Crippen molar-refractivity contribution in [2.45, 2.75) is 38.5 Å². The summed E-state index contributed by atoms with van der Waals surface area (Å²) in [6, 6.07) is 7.82. The van der Waals surface area contributed by atoms with Crippen LogP contribution in [0.4, 0.5) is 0 Å². The lowest BCUT2D eigenvalue weighted by Gasteiger charge is -2.22. The summed E-state index contributed by atoms with van der Waals surface area (Å²) in [7, 11) is -3.68. The highest BCUT2D eigenvalue weighted by Gasteiger charge is 2.32. The predicted molar refractivity (Wildman–Crippen MR) is 101 cm³/mol. The molecule has 1 aliphatic heterocycles. The molecule has 0 bridgehead atoms. The Balaban J connectivity index is 1.70. The summed E-state index contributed by atoms with van der Waals surface area (Å²) in [6.07, 6.45) is 0.936. The Bertz CT molecular complexity index is 917. The number of amides is 1. The van der Waals surface area contributed by atoms with Gasteiger partial charge in [0.2, 0.25) is 15.9 Å². The van der Waals surface area contributed by atoms with E-state index in [0.717, 1.165) is 11.1 Å². The van der Waals surface area contributed by atoms with E-state index in [0.29, 0.717) is 43.9 Å². The molecule has 0 unspecified atom stereocenters. The number of hydrogen-bond donors (Lipinski definition) is 0. The van der Waals surface area contributed by atoms with Crippen LogP contribution in [0.25, 0.3) is 0 Å². The number of rotatable bonds is 4. The molecule has 3 rings (SSSR count). The molecular weight excluding hydrogens is 366 g/mol. The summed E-state index contributed by atoms with van der Waals surface area (Å²) < 4.78 is 32.4. The number of carbonyl (C=O) groups excluding carboxylic acids is 1. The number of aryl methyl sites for hydroxylation is 3. The van der Waals surface area contributed by atoms with E-state index in [1.54, 1.807) is 18.7 Å². The Morgan fingerprint density at radius 3 is 2.52 bits per heavy atom. The van der Waals surface area contributed by atoms with Gasteiger partial charge in [-0.05, 0) is 38.3 Å². The third kappa shape index (κ3) is 4.06. The lowest BCUT2D eigenvalue weighted by atomic mass is 10.1. The Labute approximate surface area is 160 Å². The minimum atomic E-state index is -3.68. The third-order valence-electron chi connectivity index (χ3n) is 4.98. The van der Waals surface area contributed by atoms with Crippen molar-refractivity contribution in [2.75, 3.05) is 26.2 Å². The molecule has 0 radical (unpaired) electrons. The first-order valence-corrected chi connectivity index (χ1v) is 10.5. The fourth-order valence-electron chi connectivity index (χ4n) is 3.44. The van der Waals surface area contributed by atoms with E-state index >= 15 is 0 Å². The molecule has 146 valence electrons. The Kier molecular flexibility index (Phi) is 5.67. The second-order valence-corrected chi connectivity index (χ2v) is 8.77. The molecule has 1 aliphatic rings. The van der Waals surface area contributed by atoms with Crippen LogP contribution in [-0.2, 0) is 21.2 Å². The monoisotopic (exact) mass is 391 g/mol. The number of aromatic nitrogens is 1. The van der Waals surface area contributed by atoms with Crippen molar-refractivity contribution in [1.82, 2.24) is 14.4 Å². The molecule has 0 N–H and O–H groups in total. The number of carbonyl (C=O) groups is 1. The summed E-state index contributed by atoms with van der Waals surface area (Å²) in [5, 5.41) is 3.75. The van der Waals surface area contributed by atoms with Crippen LogP contribution < -0.4 is 0 Å². The number of hydrogen-bond acceptors (Lipinski definition) is 5. The molecule has 0 spiro atoms. The maximum atomic E-state index is 13.0. The van der Waals surface area contributed by atoms with Gasteiger partial charge < -0.3 is 9.42 Å². The molecule has 1 aromatic heterocycles. The topological polar surface area (TPSA) is 83.7 Å². The van der Waals surface area contributed by atoms with E-state index in [9.17, 15) is 13.2 Å². The number of sulfonamides is 1. The van der Waals surface area contributed by atoms with Crippen molar-refractivity contribution in [3.63, 3.8) is 0 Å². The summed E-state index contributed by atoms with van der Waals surface area (Å²) in [5.41, 5.74) is 2.46. The highest BCUT2D eigenvalue weighted by Crippen LogP contribution is 2.24. The van der Waals surface area contributed by atoms with E-state index in [1.165, 1.54) is 4.31 Å². The molecule has 27 heavy (non-hydrogen) atoms. The largest absolute Gasteiger partial charge is 0.360 e. The average molecular weight is 391 g/mol. The second kappa shape index (κ2) is 7.82. The normalized spacial score (nSPS) is 16.3. The number of benzene rings is 1. The highest BCUT2D eigenvalue weighted by atomic mass is 32.2. The van der Waals surface area contributed by atoms with Crippen LogP contribution in [0, 0.1) is 20.8 Å². The van der Waals surface area contributed by atoms with Crippen LogP contribution >= 0.6 is 0 Å². The van der Waals surface area contributed by atoms with Crippen molar-refractivity contribution in [1.29, 1.82) is 0 Å². The fourth-order valence-corrected chi connectivity index (χ4v) is 5.20. The summed E-state index contributed by atoms with van der Waals surface area (Å²) >= 11 is 0. The lowest BCUT2D eigenvalue weighted by Crippen LogP contribution is -2.38. The molecule has 7 nitrogen and oxygen atoms in total. The molecule has 1 saturated heterocycles. The van der Waals surface area contributed by atoms with Crippen LogP contribution in [0.5, 0.6) is 0 Å². The molecule has 0 saturated carbocycles. The van der Waals surface area contributed by atoms with Crippen LogP contribution in [-0.4, -0.2) is 54.9 Å². The zero-order valence-corrected chi connectivity index (χ0v) is 16.8. The highest BCUT2D eigenvalue weighted by molar-refractivity contribution is 7.89. The van der Waals surface area contributed by atoms with E-state index < -0.39 is 10.0 Å². The van der Waals surface area contributed by atoms with Gasteiger partial charge in [-0.2, -0.15) is 4.31 Å². The van der Waals surface area contributed by atoms with Gasteiger partial charge in [0, 0.05) is 26.2 Å². The average Bonchev–Trinajstić information content (AvgIpc) is 2.83. The van der Waals surface area contributed by atoms with E-state index in [1.807, 2.05) is 31.2 Å². The first-order chi connectivity index (χ1) is 12.8. The molecule has 0 atom stereocenters. The third-order valence-corrected chi connectivity index (χ3v) is 7.12. The van der Waals surface area contributed by atoms with Gasteiger partial charge in [0.15, 0.2) is 5.76 Å². The van der Waals surface area contributed by atoms with Crippen molar-refractivity contribution < 1.29 is 17.7 Å². The molecule has 2 heterocycles. The molecule has 1 aromatic carbocycles. The molecule has 8 heteroatoms. The molecular formula is C19H25N3O4S.